The van der Waals surface area contributed by atoms with Gasteiger partial charge in [0, 0.05) is 0 Å². The lowest BCUT2D eigenvalue weighted by molar-refractivity contribution is 1.62. The number of hydrogen-bond acceptors (Lipinski definition) is 0. The van der Waals surface area contributed by atoms with Crippen LogP contribution in [0.25, 0.3) is 153 Å². The van der Waals surface area contributed by atoms with Gasteiger partial charge in [0.05, 0.1) is 0 Å². The van der Waals surface area contributed by atoms with E-state index in [2.05, 4.69) is 218 Å². The van der Waals surface area contributed by atoms with E-state index in [4.69, 9.17) is 0 Å². The molecule has 0 N–H and O–H groups in total. The highest BCUT2D eigenvalue weighted by Crippen LogP contribution is 2.59. The van der Waals surface area contributed by atoms with Crippen LogP contribution in [-0.4, -0.2) is 0 Å². The minimum Gasteiger partial charge on any atom is -0.0622 e. The molecule has 292 valence electrons. The fourth-order valence-electron chi connectivity index (χ4n) is 12.3. The molecule has 14 aromatic carbocycles. The van der Waals surface area contributed by atoms with Gasteiger partial charge in [-0.3, -0.25) is 0 Å². The molecule has 0 amide bonds. The first-order valence-corrected chi connectivity index (χ1v) is 22.4. The summed E-state index contributed by atoms with van der Waals surface area (Å²) in [7, 11) is 0. The molecule has 0 atom stereocenters. The minimum absolute atomic E-state index is 1.24. The van der Waals surface area contributed by atoms with Gasteiger partial charge in [-0.2, -0.15) is 0 Å². The lowest BCUT2D eigenvalue weighted by Crippen LogP contribution is -1.93. The molecule has 0 unspecified atom stereocenters. The van der Waals surface area contributed by atoms with Crippen molar-refractivity contribution in [2.75, 3.05) is 0 Å². The smallest absolute Gasteiger partial charge is 0.000697 e. The van der Waals surface area contributed by atoms with E-state index in [1.807, 2.05) is 0 Å². The van der Waals surface area contributed by atoms with Crippen molar-refractivity contribution >= 4 is 86.2 Å². The molecule has 0 saturated carbocycles. The Morgan fingerprint density at radius 2 is 0.625 bits per heavy atom. The third-order valence-electron chi connectivity index (χ3n) is 14.6. The summed E-state index contributed by atoms with van der Waals surface area (Å²) in [6.45, 7) is 0. The van der Waals surface area contributed by atoms with Crippen LogP contribution < -0.4 is 0 Å². The van der Waals surface area contributed by atoms with Gasteiger partial charge in [0.2, 0.25) is 0 Å². The van der Waals surface area contributed by atoms with Crippen molar-refractivity contribution in [1.29, 1.82) is 0 Å². The van der Waals surface area contributed by atoms with E-state index in [1.54, 1.807) is 0 Å². The maximum Gasteiger partial charge on any atom is -0.000697 e. The molecule has 0 fully saturated rings. The molecular formula is C64H36. The van der Waals surface area contributed by atoms with E-state index in [9.17, 15) is 0 Å². The van der Waals surface area contributed by atoms with Crippen LogP contribution >= 0.6 is 0 Å². The van der Waals surface area contributed by atoms with E-state index in [0.717, 1.165) is 0 Å². The molecule has 14 aromatic rings. The molecule has 0 radical (unpaired) electrons. The zero-order valence-electron chi connectivity index (χ0n) is 34.8. The molecule has 0 heterocycles. The van der Waals surface area contributed by atoms with Gasteiger partial charge >= 0.3 is 0 Å². The summed E-state index contributed by atoms with van der Waals surface area (Å²) in [5.41, 5.74) is 15.4. The van der Waals surface area contributed by atoms with Gasteiger partial charge in [0.25, 0.3) is 0 Å². The Bertz CT molecular complexity index is 4160. The van der Waals surface area contributed by atoms with E-state index in [1.165, 1.54) is 153 Å². The SMILES string of the molecule is c1ccc(-c2c3c(c(-c4ccccc4)c4ccccc24)-c2ccc(-c4cc5c(-c6ccccc6)c6c7cccc8cccc(c87)c6c6c7ccccc7c(c4)c56)c4cccc-3c24)cc1. The molecule has 0 aliphatic heterocycles. The number of fused-ring (bicyclic) bond motifs is 11. The van der Waals surface area contributed by atoms with Crippen LogP contribution in [0.3, 0.4) is 0 Å². The summed E-state index contributed by atoms with van der Waals surface area (Å²) in [5.74, 6) is 0. The average molecular weight is 805 g/mol. The van der Waals surface area contributed by atoms with Crippen LogP contribution in [0.15, 0.2) is 218 Å². The third-order valence-corrected chi connectivity index (χ3v) is 14.6. The number of hydrogen-bond donors (Lipinski definition) is 0. The average Bonchev–Trinajstić information content (AvgIpc) is 4.00. The molecule has 0 aromatic heterocycles. The van der Waals surface area contributed by atoms with Crippen LogP contribution in [-0.2, 0) is 0 Å². The van der Waals surface area contributed by atoms with Crippen LogP contribution in [0.1, 0.15) is 0 Å². The van der Waals surface area contributed by atoms with Gasteiger partial charge in [-0.05, 0) is 165 Å². The van der Waals surface area contributed by atoms with Crippen LogP contribution in [0.4, 0.5) is 0 Å². The Morgan fingerprint density at radius 1 is 0.172 bits per heavy atom. The Hall–Kier alpha value is -8.32. The predicted octanol–water partition coefficient (Wildman–Crippen LogP) is 18.1. The highest BCUT2D eigenvalue weighted by molar-refractivity contribution is 6.48. The van der Waals surface area contributed by atoms with Crippen molar-refractivity contribution in [3.05, 3.63) is 218 Å². The second kappa shape index (κ2) is 12.6. The van der Waals surface area contributed by atoms with Crippen molar-refractivity contribution in [3.63, 3.8) is 0 Å². The van der Waals surface area contributed by atoms with Crippen molar-refractivity contribution < 1.29 is 0 Å². The number of rotatable bonds is 4. The highest BCUT2D eigenvalue weighted by Gasteiger charge is 2.32. The van der Waals surface area contributed by atoms with Gasteiger partial charge in [-0.1, -0.05) is 206 Å². The van der Waals surface area contributed by atoms with Crippen molar-refractivity contribution in [1.82, 2.24) is 0 Å². The maximum atomic E-state index is 2.53. The quantitative estimate of drug-likeness (QED) is 0.166. The van der Waals surface area contributed by atoms with Crippen LogP contribution in [0.5, 0.6) is 0 Å². The van der Waals surface area contributed by atoms with Gasteiger partial charge in [-0.15, -0.1) is 0 Å². The van der Waals surface area contributed by atoms with E-state index in [0.29, 0.717) is 0 Å². The largest absolute Gasteiger partial charge is 0.0622 e. The summed E-state index contributed by atoms with van der Waals surface area (Å²) in [5, 5.41) is 21.2. The lowest BCUT2D eigenvalue weighted by atomic mass is 9.82. The fourth-order valence-corrected chi connectivity index (χ4v) is 12.3. The minimum atomic E-state index is 1.24. The van der Waals surface area contributed by atoms with E-state index >= 15 is 0 Å². The van der Waals surface area contributed by atoms with Gasteiger partial charge in [0.1, 0.15) is 0 Å². The molecule has 0 heteroatoms. The van der Waals surface area contributed by atoms with E-state index in [-0.39, 0.29) is 0 Å². The molecule has 0 nitrogen and oxygen atoms in total. The molecular weight excluding hydrogens is 769 g/mol. The maximum absolute atomic E-state index is 2.53. The summed E-state index contributed by atoms with van der Waals surface area (Å²) < 4.78 is 0. The van der Waals surface area contributed by atoms with Crippen molar-refractivity contribution in [2.45, 2.75) is 0 Å². The zero-order valence-corrected chi connectivity index (χ0v) is 34.8. The third kappa shape index (κ3) is 4.37. The summed E-state index contributed by atoms with van der Waals surface area (Å²) in [6.07, 6.45) is 0. The van der Waals surface area contributed by atoms with Crippen LogP contribution in [0, 0.1) is 0 Å². The first-order chi connectivity index (χ1) is 31.8. The molecule has 15 rings (SSSR count). The fraction of sp³-hybridized carbons (Fsp3) is 0. The Morgan fingerprint density at radius 3 is 1.27 bits per heavy atom. The van der Waals surface area contributed by atoms with Gasteiger partial charge < -0.3 is 0 Å². The summed E-state index contributed by atoms with van der Waals surface area (Å²) in [4.78, 5) is 0. The molecule has 0 bridgehead atoms. The van der Waals surface area contributed by atoms with Crippen molar-refractivity contribution in [2.24, 2.45) is 0 Å². The second-order valence-electron chi connectivity index (χ2n) is 17.7. The molecule has 0 saturated heterocycles. The summed E-state index contributed by atoms with van der Waals surface area (Å²) >= 11 is 0. The zero-order chi connectivity index (χ0) is 41.6. The Labute approximate surface area is 369 Å². The normalized spacial score (nSPS) is 12.4. The Kier molecular flexibility index (Phi) is 6.77. The van der Waals surface area contributed by atoms with Crippen LogP contribution in [0.2, 0.25) is 0 Å². The van der Waals surface area contributed by atoms with Gasteiger partial charge in [0.15, 0.2) is 0 Å². The Balaban J connectivity index is 1.10. The molecule has 0 spiro atoms. The summed E-state index contributed by atoms with van der Waals surface area (Å²) in [6, 6.07) is 82.0. The van der Waals surface area contributed by atoms with Crippen molar-refractivity contribution in [3.8, 4) is 66.8 Å². The lowest BCUT2D eigenvalue weighted by Gasteiger charge is -2.20. The number of benzene rings is 12. The standard InChI is InChI=1S/C64H36/c1-4-17-38(18-5-1)55-46-27-12-13-28-47(46)56(39-19-6-2-7-20-39)63-51-34-33-42(44-29-16-32-50(58(44)51)62(55)63)41-35-52-43-25-10-11-26-45(43)60-59(52)53(36-41)57(40-21-8-3-9-22-40)61-48-30-14-23-37-24-15-31-49(54(37)48)64(60)61/h1-36H. The highest BCUT2D eigenvalue weighted by atomic mass is 14.3. The van der Waals surface area contributed by atoms with Gasteiger partial charge in [-0.25, -0.2) is 0 Å². The molecule has 1 aliphatic carbocycles. The first-order valence-electron chi connectivity index (χ1n) is 22.4. The second-order valence-corrected chi connectivity index (χ2v) is 17.7. The topological polar surface area (TPSA) is 0 Å². The predicted molar refractivity (Wildman–Crippen MR) is 275 cm³/mol. The van der Waals surface area contributed by atoms with E-state index < -0.39 is 0 Å². The molecule has 64 heavy (non-hydrogen) atoms. The molecule has 1 aliphatic rings. The first kappa shape index (κ1) is 34.3. The monoisotopic (exact) mass is 804 g/mol.